The molecule has 1 spiro atoms. The lowest BCUT2D eigenvalue weighted by molar-refractivity contribution is -0.156. The third-order valence-corrected chi connectivity index (χ3v) is 8.29. The number of ether oxygens (including phenoxy) is 2. The molecule has 5 rings (SSSR count). The Balaban J connectivity index is 1.36. The number of halogens is 1. The van der Waals surface area contributed by atoms with Crippen LogP contribution in [0.3, 0.4) is 0 Å². The van der Waals surface area contributed by atoms with E-state index >= 15 is 4.39 Å². The maximum Gasteiger partial charge on any atom is 0.411 e. The first kappa shape index (κ1) is 29.6. The van der Waals surface area contributed by atoms with Crippen molar-refractivity contribution >= 4 is 17.7 Å². The predicted octanol–water partition coefficient (Wildman–Crippen LogP) is 7.02. The van der Waals surface area contributed by atoms with E-state index in [0.717, 1.165) is 22.4 Å². The van der Waals surface area contributed by atoms with E-state index in [1.54, 1.807) is 12.1 Å². The van der Waals surface area contributed by atoms with Crippen molar-refractivity contribution in [2.75, 3.05) is 24.5 Å². The normalized spacial score (nSPS) is 17.1. The van der Waals surface area contributed by atoms with Crippen molar-refractivity contribution in [3.63, 3.8) is 0 Å². The van der Waals surface area contributed by atoms with E-state index in [4.69, 9.17) is 9.47 Å². The lowest BCUT2D eigenvalue weighted by Gasteiger charge is -2.43. The highest BCUT2D eigenvalue weighted by molar-refractivity contribution is 5.90. The number of piperidine rings is 1. The Hall–Kier alpha value is -3.91. The first-order valence-electron chi connectivity index (χ1n) is 14.5. The van der Waals surface area contributed by atoms with Crippen LogP contribution in [0.4, 0.5) is 14.9 Å². The van der Waals surface area contributed by atoms with Crippen LogP contribution in [0.25, 0.3) is 0 Å². The molecule has 2 aliphatic heterocycles. The molecule has 2 heterocycles. The van der Waals surface area contributed by atoms with Gasteiger partial charge in [0.05, 0.1) is 12.1 Å². The Morgan fingerprint density at radius 2 is 1.71 bits per heavy atom. The molecule has 1 N–H and O–H groups in total. The number of benzene rings is 3. The second-order valence-electron chi connectivity index (χ2n) is 12.5. The molecule has 1 amide bonds. The average Bonchev–Trinajstić information content (AvgIpc) is 3.26. The molecular weight excluding hydrogens is 535 g/mol. The molecule has 1 fully saturated rings. The van der Waals surface area contributed by atoms with Crippen LogP contribution in [0, 0.1) is 12.7 Å². The van der Waals surface area contributed by atoms with Gasteiger partial charge in [-0.05, 0) is 76.9 Å². The van der Waals surface area contributed by atoms with Crippen LogP contribution in [0.2, 0.25) is 0 Å². The zero-order valence-electron chi connectivity index (χ0n) is 24.7. The fraction of sp³-hybridized carbons (Fsp3) is 0.412. The number of likely N-dealkylation sites (tertiary alicyclic amines) is 1. The maximum atomic E-state index is 15.7. The van der Waals surface area contributed by atoms with Gasteiger partial charge < -0.3 is 14.6 Å². The minimum Gasteiger partial charge on any atom is -0.489 e. The summed E-state index contributed by atoms with van der Waals surface area (Å²) in [6.45, 7) is 9.36. The van der Waals surface area contributed by atoms with Crippen LogP contribution in [-0.4, -0.2) is 47.3 Å². The van der Waals surface area contributed by atoms with Crippen LogP contribution in [0.15, 0.2) is 66.7 Å². The Morgan fingerprint density at radius 3 is 2.36 bits per heavy atom. The molecule has 0 saturated carbocycles. The lowest BCUT2D eigenvalue weighted by Crippen LogP contribution is -2.47. The van der Waals surface area contributed by atoms with Crippen LogP contribution in [-0.2, 0) is 21.6 Å². The van der Waals surface area contributed by atoms with Crippen LogP contribution < -0.4 is 9.64 Å². The molecule has 3 aromatic rings. The standard InChI is InChI=1S/C34H39FN2O5/c1-23-9-11-24(12-10-23)21-41-25-13-14-26(28(35)19-25)30(20-31(38)42-33(2,3)4)36-17-15-34(16-18-36)22-37(32(39)40)29-8-6-5-7-27(29)34/h5-14,19,30H,15-18,20-22H2,1-4H3,(H,39,40). The Labute approximate surface area is 246 Å². The van der Waals surface area contributed by atoms with Crippen molar-refractivity contribution in [1.82, 2.24) is 4.90 Å². The van der Waals surface area contributed by atoms with E-state index < -0.39 is 29.5 Å². The van der Waals surface area contributed by atoms with E-state index in [-0.39, 0.29) is 11.8 Å². The Bertz CT molecular complexity index is 1440. The molecule has 3 aromatic carbocycles. The highest BCUT2D eigenvalue weighted by Gasteiger charge is 2.47. The third-order valence-electron chi connectivity index (χ3n) is 8.29. The number of nitrogens with zero attached hydrogens (tertiary/aromatic N) is 2. The van der Waals surface area contributed by atoms with Crippen molar-refractivity contribution in [2.24, 2.45) is 0 Å². The Kier molecular flexibility index (Phi) is 8.28. The molecule has 0 aromatic heterocycles. The minimum atomic E-state index is -0.962. The Morgan fingerprint density at radius 1 is 1.02 bits per heavy atom. The fourth-order valence-electron chi connectivity index (χ4n) is 6.19. The third kappa shape index (κ3) is 6.44. The van der Waals surface area contributed by atoms with Gasteiger partial charge in [0.2, 0.25) is 0 Å². The quantitative estimate of drug-likeness (QED) is 0.306. The summed E-state index contributed by atoms with van der Waals surface area (Å²) in [6, 6.07) is 20.0. The summed E-state index contributed by atoms with van der Waals surface area (Å²) in [5, 5.41) is 9.83. The second-order valence-corrected chi connectivity index (χ2v) is 12.5. The van der Waals surface area contributed by atoms with Gasteiger partial charge in [0, 0.05) is 29.6 Å². The number of carbonyl (C=O) groups excluding carboxylic acids is 1. The minimum absolute atomic E-state index is 0.00258. The summed E-state index contributed by atoms with van der Waals surface area (Å²) in [6.07, 6.45) is 0.426. The first-order chi connectivity index (χ1) is 19.9. The number of hydrogen-bond donors (Lipinski definition) is 1. The fourth-order valence-corrected chi connectivity index (χ4v) is 6.19. The molecule has 1 saturated heterocycles. The van der Waals surface area contributed by atoms with Crippen molar-refractivity contribution < 1.29 is 28.6 Å². The summed E-state index contributed by atoms with van der Waals surface area (Å²) in [5.41, 5.74) is 3.36. The number of aryl methyl sites for hydroxylation is 1. The lowest BCUT2D eigenvalue weighted by atomic mass is 9.74. The topological polar surface area (TPSA) is 79.3 Å². The van der Waals surface area contributed by atoms with E-state index in [2.05, 4.69) is 4.90 Å². The number of anilines is 1. The smallest absolute Gasteiger partial charge is 0.411 e. The zero-order valence-corrected chi connectivity index (χ0v) is 24.7. The number of carbonyl (C=O) groups is 2. The van der Waals surface area contributed by atoms with E-state index in [9.17, 15) is 14.7 Å². The number of para-hydroxylation sites is 1. The summed E-state index contributed by atoms with van der Waals surface area (Å²) >= 11 is 0. The molecule has 1 unspecified atom stereocenters. The van der Waals surface area contributed by atoms with Crippen molar-refractivity contribution in [3.8, 4) is 5.75 Å². The summed E-state index contributed by atoms with van der Waals surface area (Å²) < 4.78 is 27.2. The molecule has 0 radical (unpaired) electrons. The van der Waals surface area contributed by atoms with E-state index in [1.807, 2.05) is 76.2 Å². The molecule has 0 aliphatic carbocycles. The molecule has 2 aliphatic rings. The molecule has 8 heteroatoms. The molecule has 1 atom stereocenters. The van der Waals surface area contributed by atoms with Gasteiger partial charge >= 0.3 is 12.1 Å². The van der Waals surface area contributed by atoms with Gasteiger partial charge in [-0.15, -0.1) is 0 Å². The van der Waals surface area contributed by atoms with Crippen LogP contribution in [0.1, 0.15) is 68.3 Å². The van der Waals surface area contributed by atoms with Gasteiger partial charge in [0.25, 0.3) is 0 Å². The van der Waals surface area contributed by atoms with Gasteiger partial charge in [-0.3, -0.25) is 14.6 Å². The van der Waals surface area contributed by atoms with Gasteiger partial charge in [-0.1, -0.05) is 54.1 Å². The number of carboxylic acid groups (broad SMARTS) is 1. The van der Waals surface area contributed by atoms with Crippen molar-refractivity contribution in [2.45, 2.75) is 70.6 Å². The molecular formula is C34H39FN2O5. The zero-order chi connectivity index (χ0) is 30.1. The highest BCUT2D eigenvalue weighted by Crippen LogP contribution is 2.48. The van der Waals surface area contributed by atoms with Crippen LogP contribution in [0.5, 0.6) is 5.75 Å². The van der Waals surface area contributed by atoms with E-state index in [1.165, 1.54) is 11.0 Å². The maximum absolute atomic E-state index is 15.7. The monoisotopic (exact) mass is 574 g/mol. The second kappa shape index (κ2) is 11.8. The van der Waals surface area contributed by atoms with Crippen LogP contribution >= 0.6 is 0 Å². The van der Waals surface area contributed by atoms with Gasteiger partial charge in [-0.2, -0.15) is 0 Å². The van der Waals surface area contributed by atoms with Crippen molar-refractivity contribution in [1.29, 1.82) is 0 Å². The number of esters is 1. The summed E-state index contributed by atoms with van der Waals surface area (Å²) in [5.74, 6) is -0.412. The molecule has 222 valence electrons. The SMILES string of the molecule is Cc1ccc(COc2ccc(C(CC(=O)OC(C)(C)C)N3CCC4(CC3)CN(C(=O)O)c3ccccc34)c(F)c2)cc1. The summed E-state index contributed by atoms with van der Waals surface area (Å²) in [4.78, 5) is 28.6. The predicted molar refractivity (Wildman–Crippen MR) is 159 cm³/mol. The van der Waals surface area contributed by atoms with Crippen molar-refractivity contribution in [3.05, 3.63) is 94.8 Å². The largest absolute Gasteiger partial charge is 0.489 e. The molecule has 0 bridgehead atoms. The molecule has 42 heavy (non-hydrogen) atoms. The first-order valence-corrected chi connectivity index (χ1v) is 14.5. The highest BCUT2D eigenvalue weighted by atomic mass is 19.1. The number of hydrogen-bond acceptors (Lipinski definition) is 5. The van der Waals surface area contributed by atoms with Gasteiger partial charge in [0.15, 0.2) is 0 Å². The summed E-state index contributed by atoms with van der Waals surface area (Å²) in [7, 11) is 0. The average molecular weight is 575 g/mol. The van der Waals surface area contributed by atoms with E-state index in [0.29, 0.717) is 50.4 Å². The molecule has 7 nitrogen and oxygen atoms in total. The van der Waals surface area contributed by atoms with Gasteiger partial charge in [0.1, 0.15) is 23.8 Å². The van der Waals surface area contributed by atoms with Gasteiger partial charge in [-0.25, -0.2) is 9.18 Å². The number of fused-ring (bicyclic) bond motifs is 2. The number of amides is 1. The number of rotatable bonds is 7.